The molecule has 6 nitrogen and oxygen atoms in total. The van der Waals surface area contributed by atoms with Crippen LogP contribution in [0.3, 0.4) is 0 Å². The van der Waals surface area contributed by atoms with Gasteiger partial charge in [0.1, 0.15) is 0 Å². The SMILES string of the molecule is O=C(NCC1OCCO1)c1ccc2[nH]ncc2c1Cl. The Bertz CT molecular complexity index is 607. The molecule has 0 atom stereocenters. The molecule has 1 saturated heterocycles. The normalized spacial score (nSPS) is 16.1. The molecule has 0 spiro atoms. The summed E-state index contributed by atoms with van der Waals surface area (Å²) >= 11 is 6.19. The number of amides is 1. The van der Waals surface area contributed by atoms with E-state index in [0.717, 1.165) is 10.9 Å². The molecule has 100 valence electrons. The highest BCUT2D eigenvalue weighted by Crippen LogP contribution is 2.25. The van der Waals surface area contributed by atoms with Crippen molar-refractivity contribution in [3.05, 3.63) is 28.9 Å². The van der Waals surface area contributed by atoms with Gasteiger partial charge in [-0.3, -0.25) is 9.89 Å². The van der Waals surface area contributed by atoms with Gasteiger partial charge in [-0.05, 0) is 12.1 Å². The standard InChI is InChI=1S/C12H12ClN3O3/c13-11-7(1-2-9-8(11)5-15-16-9)12(17)14-6-10-18-3-4-19-10/h1-2,5,10H,3-4,6H2,(H,14,17)(H,15,16). The first-order valence-electron chi connectivity index (χ1n) is 5.88. The van der Waals surface area contributed by atoms with Crippen LogP contribution in [-0.2, 0) is 9.47 Å². The Kier molecular flexibility index (Phi) is 3.37. The lowest BCUT2D eigenvalue weighted by molar-refractivity contribution is -0.0379. The molecule has 0 unspecified atom stereocenters. The summed E-state index contributed by atoms with van der Waals surface area (Å²) < 4.78 is 10.5. The highest BCUT2D eigenvalue weighted by Gasteiger charge is 2.19. The monoisotopic (exact) mass is 281 g/mol. The van der Waals surface area contributed by atoms with E-state index in [4.69, 9.17) is 21.1 Å². The van der Waals surface area contributed by atoms with Crippen LogP contribution in [0.5, 0.6) is 0 Å². The van der Waals surface area contributed by atoms with Crippen LogP contribution in [0.1, 0.15) is 10.4 Å². The third kappa shape index (κ3) is 2.42. The minimum atomic E-state index is -0.375. The molecule has 19 heavy (non-hydrogen) atoms. The van der Waals surface area contributed by atoms with Gasteiger partial charge in [0.25, 0.3) is 5.91 Å². The summed E-state index contributed by atoms with van der Waals surface area (Å²) in [5.41, 5.74) is 1.21. The van der Waals surface area contributed by atoms with Crippen LogP contribution >= 0.6 is 11.6 Å². The second-order valence-corrected chi connectivity index (χ2v) is 4.52. The Labute approximate surface area is 114 Å². The smallest absolute Gasteiger partial charge is 0.252 e. The van der Waals surface area contributed by atoms with Crippen molar-refractivity contribution in [1.82, 2.24) is 15.5 Å². The van der Waals surface area contributed by atoms with Crippen LogP contribution < -0.4 is 5.32 Å². The summed E-state index contributed by atoms with van der Waals surface area (Å²) in [5, 5.41) is 10.5. The number of benzene rings is 1. The molecule has 0 bridgehead atoms. The van der Waals surface area contributed by atoms with Crippen LogP contribution in [0, 0.1) is 0 Å². The van der Waals surface area contributed by atoms with E-state index in [1.165, 1.54) is 0 Å². The van der Waals surface area contributed by atoms with Crippen LogP contribution in [0.2, 0.25) is 5.02 Å². The zero-order valence-electron chi connectivity index (χ0n) is 9.98. The van der Waals surface area contributed by atoms with E-state index in [9.17, 15) is 4.79 Å². The Morgan fingerprint density at radius 2 is 2.26 bits per heavy atom. The second kappa shape index (κ2) is 5.16. The summed E-state index contributed by atoms with van der Waals surface area (Å²) in [6.45, 7) is 1.42. The van der Waals surface area contributed by atoms with Crippen molar-refractivity contribution in [2.75, 3.05) is 19.8 Å². The Morgan fingerprint density at radius 3 is 3.05 bits per heavy atom. The van der Waals surface area contributed by atoms with E-state index >= 15 is 0 Å². The maximum atomic E-state index is 12.1. The van der Waals surface area contributed by atoms with Crippen LogP contribution in [-0.4, -0.2) is 42.2 Å². The topological polar surface area (TPSA) is 76.2 Å². The minimum absolute atomic E-state index is 0.257. The van der Waals surface area contributed by atoms with Gasteiger partial charge in [-0.25, -0.2) is 0 Å². The predicted molar refractivity (Wildman–Crippen MR) is 69.1 cm³/mol. The number of aromatic amines is 1. The first-order chi connectivity index (χ1) is 9.25. The maximum absolute atomic E-state index is 12.1. The van der Waals surface area contributed by atoms with Crippen molar-refractivity contribution >= 4 is 28.4 Å². The van der Waals surface area contributed by atoms with Gasteiger partial charge < -0.3 is 14.8 Å². The van der Waals surface area contributed by atoms with Gasteiger partial charge >= 0.3 is 0 Å². The molecule has 1 fully saturated rings. The fourth-order valence-electron chi connectivity index (χ4n) is 1.95. The summed E-state index contributed by atoms with van der Waals surface area (Å²) in [4.78, 5) is 12.1. The van der Waals surface area contributed by atoms with Gasteiger partial charge in [0, 0.05) is 5.39 Å². The lowest BCUT2D eigenvalue weighted by Gasteiger charge is -2.11. The van der Waals surface area contributed by atoms with Crippen LogP contribution in [0.25, 0.3) is 10.9 Å². The Morgan fingerprint density at radius 1 is 1.47 bits per heavy atom. The molecule has 1 aromatic heterocycles. The number of hydrogen-bond donors (Lipinski definition) is 2. The van der Waals surface area contributed by atoms with Gasteiger partial charge in [-0.2, -0.15) is 5.10 Å². The molecule has 0 saturated carbocycles. The molecule has 2 N–H and O–H groups in total. The van der Waals surface area contributed by atoms with Gasteiger partial charge in [-0.1, -0.05) is 11.6 Å². The van der Waals surface area contributed by atoms with E-state index in [0.29, 0.717) is 30.3 Å². The number of hydrogen-bond acceptors (Lipinski definition) is 4. The molecule has 1 aromatic carbocycles. The van der Waals surface area contributed by atoms with Crippen molar-refractivity contribution < 1.29 is 14.3 Å². The van der Waals surface area contributed by atoms with E-state index < -0.39 is 0 Å². The maximum Gasteiger partial charge on any atom is 0.252 e. The highest BCUT2D eigenvalue weighted by atomic mass is 35.5. The number of halogens is 1. The second-order valence-electron chi connectivity index (χ2n) is 4.14. The Balaban J connectivity index is 1.75. The predicted octanol–water partition coefficient (Wildman–Crippen LogP) is 1.32. The van der Waals surface area contributed by atoms with Gasteiger partial charge in [0.2, 0.25) is 0 Å². The molecule has 1 amide bonds. The Hall–Kier alpha value is -1.63. The molecule has 2 aromatic rings. The number of carbonyl (C=O) groups excluding carboxylic acids is 1. The molecule has 1 aliphatic rings. The lowest BCUT2D eigenvalue weighted by atomic mass is 10.1. The van der Waals surface area contributed by atoms with Gasteiger partial charge in [0.15, 0.2) is 6.29 Å². The number of nitrogens with zero attached hydrogens (tertiary/aromatic N) is 1. The van der Waals surface area contributed by atoms with E-state index in [1.54, 1.807) is 18.3 Å². The fourth-order valence-corrected chi connectivity index (χ4v) is 2.25. The number of aromatic nitrogens is 2. The average molecular weight is 282 g/mol. The molecule has 7 heteroatoms. The van der Waals surface area contributed by atoms with Crippen LogP contribution in [0.15, 0.2) is 18.3 Å². The first-order valence-corrected chi connectivity index (χ1v) is 6.26. The quantitative estimate of drug-likeness (QED) is 0.890. The van der Waals surface area contributed by atoms with Crippen molar-refractivity contribution in [2.24, 2.45) is 0 Å². The number of fused-ring (bicyclic) bond motifs is 1. The number of ether oxygens (including phenoxy) is 2. The third-order valence-corrected chi connectivity index (χ3v) is 3.33. The largest absolute Gasteiger partial charge is 0.348 e. The summed E-state index contributed by atoms with van der Waals surface area (Å²) in [5.74, 6) is -0.257. The summed E-state index contributed by atoms with van der Waals surface area (Å²) in [7, 11) is 0. The van der Waals surface area contributed by atoms with Gasteiger partial charge in [-0.15, -0.1) is 0 Å². The number of nitrogens with one attached hydrogen (secondary N) is 2. The summed E-state index contributed by atoms with van der Waals surface area (Å²) in [6, 6.07) is 3.43. The third-order valence-electron chi connectivity index (χ3n) is 2.92. The number of rotatable bonds is 3. The summed E-state index contributed by atoms with van der Waals surface area (Å²) in [6.07, 6.45) is 1.22. The van der Waals surface area contributed by atoms with E-state index in [-0.39, 0.29) is 12.2 Å². The molecule has 0 radical (unpaired) electrons. The lowest BCUT2D eigenvalue weighted by Crippen LogP contribution is -2.32. The zero-order valence-corrected chi connectivity index (χ0v) is 10.7. The number of H-pyrrole nitrogens is 1. The van der Waals surface area contributed by atoms with Crippen molar-refractivity contribution in [3.63, 3.8) is 0 Å². The molecule has 0 aliphatic carbocycles. The van der Waals surface area contributed by atoms with Gasteiger partial charge in [0.05, 0.1) is 42.1 Å². The average Bonchev–Trinajstić information content (AvgIpc) is 3.07. The molecule has 3 rings (SSSR count). The highest BCUT2D eigenvalue weighted by molar-refractivity contribution is 6.38. The molecular weight excluding hydrogens is 270 g/mol. The van der Waals surface area contributed by atoms with Crippen molar-refractivity contribution in [2.45, 2.75) is 6.29 Å². The van der Waals surface area contributed by atoms with E-state index in [1.807, 2.05) is 0 Å². The molecule has 1 aliphatic heterocycles. The van der Waals surface area contributed by atoms with Crippen molar-refractivity contribution in [3.8, 4) is 0 Å². The first kappa shape index (κ1) is 12.4. The number of carbonyl (C=O) groups is 1. The molecular formula is C12H12ClN3O3. The molecule has 2 heterocycles. The van der Waals surface area contributed by atoms with Crippen LogP contribution in [0.4, 0.5) is 0 Å². The fraction of sp³-hybridized carbons (Fsp3) is 0.333. The van der Waals surface area contributed by atoms with Crippen molar-refractivity contribution in [1.29, 1.82) is 0 Å². The van der Waals surface area contributed by atoms with E-state index in [2.05, 4.69) is 15.5 Å². The minimum Gasteiger partial charge on any atom is -0.348 e. The zero-order chi connectivity index (χ0) is 13.2.